The standard InChI is InChI=1S/C13H10BrNO2S/c1-17-6-7-2-3-9-10(11(7)14)8-4-5-18-12(8)13(16)15-9/h2-5H,6H2,1H3,(H,15,16). The molecule has 0 aliphatic heterocycles. The van der Waals surface area contributed by atoms with E-state index >= 15 is 0 Å². The molecule has 18 heavy (non-hydrogen) atoms. The number of fused-ring (bicyclic) bond motifs is 3. The molecule has 0 aliphatic rings. The Bertz CT molecular complexity index is 791. The van der Waals surface area contributed by atoms with Gasteiger partial charge in [-0.2, -0.15) is 0 Å². The van der Waals surface area contributed by atoms with Gasteiger partial charge in [0.2, 0.25) is 0 Å². The number of halogens is 1. The minimum Gasteiger partial charge on any atom is -0.380 e. The lowest BCUT2D eigenvalue weighted by Gasteiger charge is -2.08. The van der Waals surface area contributed by atoms with Gasteiger partial charge >= 0.3 is 0 Å². The lowest BCUT2D eigenvalue weighted by atomic mass is 10.1. The molecular formula is C13H10BrNO2S. The van der Waals surface area contributed by atoms with Crippen LogP contribution in [0, 0.1) is 0 Å². The van der Waals surface area contributed by atoms with Crippen LogP contribution >= 0.6 is 27.3 Å². The fourth-order valence-electron chi connectivity index (χ4n) is 2.11. The Morgan fingerprint density at radius 3 is 3.00 bits per heavy atom. The van der Waals surface area contributed by atoms with Crippen molar-refractivity contribution >= 4 is 48.3 Å². The molecule has 1 aromatic carbocycles. The Balaban J connectivity index is 2.49. The van der Waals surface area contributed by atoms with Gasteiger partial charge in [0, 0.05) is 22.4 Å². The van der Waals surface area contributed by atoms with Crippen molar-refractivity contribution < 1.29 is 4.74 Å². The maximum absolute atomic E-state index is 11.9. The van der Waals surface area contributed by atoms with Gasteiger partial charge in [-0.3, -0.25) is 4.79 Å². The number of benzene rings is 1. The van der Waals surface area contributed by atoms with Crippen LogP contribution in [-0.4, -0.2) is 12.1 Å². The number of aromatic amines is 1. The molecule has 2 heterocycles. The molecule has 1 N–H and O–H groups in total. The molecule has 92 valence electrons. The summed E-state index contributed by atoms with van der Waals surface area (Å²) in [6, 6.07) is 5.87. The molecule has 0 radical (unpaired) electrons. The first kappa shape index (κ1) is 11.9. The van der Waals surface area contributed by atoms with Gasteiger partial charge < -0.3 is 9.72 Å². The Kier molecular flexibility index (Phi) is 2.97. The van der Waals surface area contributed by atoms with Gasteiger partial charge in [0.25, 0.3) is 5.56 Å². The number of pyridine rings is 1. The molecule has 3 rings (SSSR count). The first-order valence-corrected chi connectivity index (χ1v) is 7.09. The minimum atomic E-state index is -0.0288. The van der Waals surface area contributed by atoms with Crippen LogP contribution in [0.3, 0.4) is 0 Å². The van der Waals surface area contributed by atoms with Crippen molar-refractivity contribution in [3.05, 3.63) is 44.0 Å². The van der Waals surface area contributed by atoms with Crippen molar-refractivity contribution in [3.8, 4) is 0 Å². The van der Waals surface area contributed by atoms with Crippen molar-refractivity contribution in [2.24, 2.45) is 0 Å². The van der Waals surface area contributed by atoms with Gasteiger partial charge in [-0.15, -0.1) is 11.3 Å². The van der Waals surface area contributed by atoms with Crippen LogP contribution in [0.1, 0.15) is 5.56 Å². The number of hydrogen-bond donors (Lipinski definition) is 1. The van der Waals surface area contributed by atoms with Crippen LogP contribution in [0.4, 0.5) is 0 Å². The van der Waals surface area contributed by atoms with E-state index in [2.05, 4.69) is 20.9 Å². The van der Waals surface area contributed by atoms with E-state index in [0.29, 0.717) is 6.61 Å². The van der Waals surface area contributed by atoms with Crippen LogP contribution < -0.4 is 5.56 Å². The van der Waals surface area contributed by atoms with Gasteiger partial charge in [0.1, 0.15) is 4.70 Å². The summed E-state index contributed by atoms with van der Waals surface area (Å²) in [6.07, 6.45) is 0. The number of ether oxygens (including phenoxy) is 1. The highest BCUT2D eigenvalue weighted by Crippen LogP contribution is 2.33. The zero-order chi connectivity index (χ0) is 12.7. The van der Waals surface area contributed by atoms with Crippen molar-refractivity contribution in [3.63, 3.8) is 0 Å². The summed E-state index contributed by atoms with van der Waals surface area (Å²) in [5.74, 6) is 0. The van der Waals surface area contributed by atoms with Crippen molar-refractivity contribution in [1.82, 2.24) is 4.98 Å². The number of rotatable bonds is 2. The van der Waals surface area contributed by atoms with Crippen LogP contribution in [0.5, 0.6) is 0 Å². The Morgan fingerprint density at radius 2 is 2.22 bits per heavy atom. The number of methoxy groups -OCH3 is 1. The van der Waals surface area contributed by atoms with Gasteiger partial charge in [-0.1, -0.05) is 6.07 Å². The van der Waals surface area contributed by atoms with E-state index in [0.717, 1.165) is 31.0 Å². The van der Waals surface area contributed by atoms with Crippen LogP contribution in [0.25, 0.3) is 21.0 Å². The summed E-state index contributed by atoms with van der Waals surface area (Å²) >= 11 is 5.08. The zero-order valence-electron chi connectivity index (χ0n) is 9.62. The molecule has 0 saturated heterocycles. The molecule has 0 fully saturated rings. The van der Waals surface area contributed by atoms with E-state index in [-0.39, 0.29) is 5.56 Å². The van der Waals surface area contributed by atoms with Crippen molar-refractivity contribution in [2.75, 3.05) is 7.11 Å². The normalized spacial score (nSPS) is 11.4. The van der Waals surface area contributed by atoms with E-state index in [4.69, 9.17) is 4.74 Å². The lowest BCUT2D eigenvalue weighted by molar-refractivity contribution is 0.184. The predicted octanol–water partition coefficient (Wildman–Crippen LogP) is 3.65. The minimum absolute atomic E-state index is 0.0288. The van der Waals surface area contributed by atoms with Crippen molar-refractivity contribution in [2.45, 2.75) is 6.61 Å². The largest absolute Gasteiger partial charge is 0.380 e. The van der Waals surface area contributed by atoms with Gasteiger partial charge in [0.15, 0.2) is 0 Å². The van der Waals surface area contributed by atoms with E-state index in [1.807, 2.05) is 23.6 Å². The second-order valence-electron chi connectivity index (χ2n) is 4.01. The lowest BCUT2D eigenvalue weighted by Crippen LogP contribution is -2.05. The fourth-order valence-corrected chi connectivity index (χ4v) is 3.58. The molecule has 0 unspecified atom stereocenters. The number of hydrogen-bond acceptors (Lipinski definition) is 3. The second kappa shape index (κ2) is 4.50. The number of nitrogens with one attached hydrogen (secondary N) is 1. The topological polar surface area (TPSA) is 42.1 Å². The summed E-state index contributed by atoms with van der Waals surface area (Å²) in [5.41, 5.74) is 1.89. The maximum Gasteiger partial charge on any atom is 0.266 e. The quantitative estimate of drug-likeness (QED) is 0.782. The summed E-state index contributed by atoms with van der Waals surface area (Å²) in [4.78, 5) is 14.8. The molecule has 3 nitrogen and oxygen atoms in total. The number of aromatic nitrogens is 1. The average molecular weight is 324 g/mol. The molecule has 2 aromatic heterocycles. The van der Waals surface area contributed by atoms with E-state index in [9.17, 15) is 4.79 Å². The third-order valence-corrected chi connectivity index (χ3v) is 4.73. The second-order valence-corrected chi connectivity index (χ2v) is 5.72. The van der Waals surface area contributed by atoms with E-state index < -0.39 is 0 Å². The van der Waals surface area contributed by atoms with E-state index in [1.165, 1.54) is 11.3 Å². The molecular weight excluding hydrogens is 314 g/mol. The molecule has 0 atom stereocenters. The fraction of sp³-hybridized carbons (Fsp3) is 0.154. The average Bonchev–Trinajstić information content (AvgIpc) is 2.82. The first-order valence-electron chi connectivity index (χ1n) is 5.42. The maximum atomic E-state index is 11.9. The van der Waals surface area contributed by atoms with Crippen LogP contribution in [0.15, 0.2) is 32.8 Å². The molecule has 0 bridgehead atoms. The van der Waals surface area contributed by atoms with Gasteiger partial charge in [-0.25, -0.2) is 0 Å². The Hall–Kier alpha value is -1.17. The predicted molar refractivity (Wildman–Crippen MR) is 78.4 cm³/mol. The molecule has 3 aromatic rings. The third kappa shape index (κ3) is 1.70. The molecule has 0 spiro atoms. The van der Waals surface area contributed by atoms with Crippen molar-refractivity contribution in [1.29, 1.82) is 0 Å². The highest BCUT2D eigenvalue weighted by Gasteiger charge is 2.11. The molecule has 0 saturated carbocycles. The summed E-state index contributed by atoms with van der Waals surface area (Å²) < 4.78 is 6.92. The smallest absolute Gasteiger partial charge is 0.266 e. The van der Waals surface area contributed by atoms with Gasteiger partial charge in [0.05, 0.1) is 12.1 Å². The summed E-state index contributed by atoms with van der Waals surface area (Å²) in [6.45, 7) is 0.543. The molecule has 0 amide bonds. The highest BCUT2D eigenvalue weighted by atomic mass is 79.9. The Morgan fingerprint density at radius 1 is 1.39 bits per heavy atom. The molecule has 5 heteroatoms. The SMILES string of the molecule is COCc1ccc2[nH]c(=O)c3sccc3c2c1Br. The van der Waals surface area contributed by atoms with Crippen LogP contribution in [-0.2, 0) is 11.3 Å². The van der Waals surface area contributed by atoms with Gasteiger partial charge in [-0.05, 0) is 39.0 Å². The summed E-state index contributed by atoms with van der Waals surface area (Å²) in [7, 11) is 1.67. The number of H-pyrrole nitrogens is 1. The first-order chi connectivity index (χ1) is 8.72. The highest BCUT2D eigenvalue weighted by molar-refractivity contribution is 9.10. The molecule has 0 aliphatic carbocycles. The summed E-state index contributed by atoms with van der Waals surface area (Å²) in [5, 5.41) is 3.97. The van der Waals surface area contributed by atoms with E-state index in [1.54, 1.807) is 7.11 Å². The Labute approximate surface area is 116 Å². The number of thiophene rings is 1. The van der Waals surface area contributed by atoms with Crippen LogP contribution in [0.2, 0.25) is 0 Å². The monoisotopic (exact) mass is 323 g/mol. The third-order valence-electron chi connectivity index (χ3n) is 2.91. The zero-order valence-corrected chi connectivity index (χ0v) is 12.0.